The molecule has 0 fully saturated rings. The summed E-state index contributed by atoms with van der Waals surface area (Å²) in [5.41, 5.74) is 0. The molecule has 1 unspecified atom stereocenters. The van der Waals surface area contributed by atoms with Gasteiger partial charge < -0.3 is 10.0 Å². The molecule has 0 saturated carbocycles. The van der Waals surface area contributed by atoms with Crippen LogP contribution in [0.25, 0.3) is 0 Å². The minimum absolute atomic E-state index is 0.141. The van der Waals surface area contributed by atoms with Crippen molar-refractivity contribution in [2.75, 3.05) is 13.1 Å². The standard InChI is InChI=1S/C12H14N2O3S/c1-3-14(7-8(2)6-13)11(15)9-4-5-10(18-9)12(16)17/h4-5,8H,3,7H2,1-2H3,(H,16,17). The van der Waals surface area contributed by atoms with Crippen molar-refractivity contribution in [3.8, 4) is 6.07 Å². The van der Waals surface area contributed by atoms with Gasteiger partial charge >= 0.3 is 5.97 Å². The van der Waals surface area contributed by atoms with Gasteiger partial charge in [-0.25, -0.2) is 4.79 Å². The lowest BCUT2D eigenvalue weighted by Crippen LogP contribution is -2.33. The van der Waals surface area contributed by atoms with Crippen molar-refractivity contribution in [2.45, 2.75) is 13.8 Å². The first-order valence-electron chi connectivity index (χ1n) is 5.51. The van der Waals surface area contributed by atoms with E-state index in [9.17, 15) is 9.59 Å². The number of amides is 1. The molecule has 0 radical (unpaired) electrons. The first kappa shape index (κ1) is 14.2. The Morgan fingerprint density at radius 3 is 2.56 bits per heavy atom. The highest BCUT2D eigenvalue weighted by Crippen LogP contribution is 2.18. The number of hydrogen-bond donors (Lipinski definition) is 1. The summed E-state index contributed by atoms with van der Waals surface area (Å²) >= 11 is 0.954. The number of rotatable bonds is 5. The summed E-state index contributed by atoms with van der Waals surface area (Å²) in [4.78, 5) is 24.9. The van der Waals surface area contributed by atoms with E-state index in [4.69, 9.17) is 10.4 Å². The molecule has 1 aromatic rings. The number of carboxylic acid groups (broad SMARTS) is 1. The average Bonchev–Trinajstić information content (AvgIpc) is 2.84. The van der Waals surface area contributed by atoms with Gasteiger partial charge in [-0.2, -0.15) is 5.26 Å². The van der Waals surface area contributed by atoms with E-state index in [1.807, 2.05) is 6.92 Å². The smallest absolute Gasteiger partial charge is 0.345 e. The van der Waals surface area contributed by atoms with Gasteiger partial charge in [0.25, 0.3) is 5.91 Å². The van der Waals surface area contributed by atoms with Crippen LogP contribution in [0.1, 0.15) is 33.2 Å². The van der Waals surface area contributed by atoms with Gasteiger partial charge in [-0.3, -0.25) is 4.79 Å². The molecule has 0 aliphatic rings. The molecule has 1 heterocycles. The zero-order valence-electron chi connectivity index (χ0n) is 10.2. The SMILES string of the molecule is CCN(CC(C)C#N)C(=O)c1ccc(C(=O)O)s1. The summed E-state index contributed by atoms with van der Waals surface area (Å²) in [5.74, 6) is -1.50. The largest absolute Gasteiger partial charge is 0.477 e. The quantitative estimate of drug-likeness (QED) is 0.884. The molecule has 0 aliphatic carbocycles. The van der Waals surface area contributed by atoms with E-state index in [1.165, 1.54) is 12.1 Å². The summed E-state index contributed by atoms with van der Waals surface area (Å²) in [5, 5.41) is 17.5. The Labute approximate surface area is 109 Å². The Bertz CT molecular complexity index is 490. The van der Waals surface area contributed by atoms with E-state index in [-0.39, 0.29) is 16.7 Å². The lowest BCUT2D eigenvalue weighted by molar-refractivity contribution is 0.0701. The zero-order valence-corrected chi connectivity index (χ0v) is 11.0. The van der Waals surface area contributed by atoms with Crippen LogP contribution >= 0.6 is 11.3 Å². The van der Waals surface area contributed by atoms with Gasteiger partial charge in [-0.05, 0) is 26.0 Å². The summed E-state index contributed by atoms with van der Waals surface area (Å²) in [7, 11) is 0. The van der Waals surface area contributed by atoms with E-state index in [0.29, 0.717) is 18.0 Å². The molecule has 96 valence electrons. The van der Waals surface area contributed by atoms with Crippen LogP contribution in [-0.4, -0.2) is 35.0 Å². The van der Waals surface area contributed by atoms with E-state index >= 15 is 0 Å². The molecular formula is C12H14N2O3S. The fraction of sp³-hybridized carbons (Fsp3) is 0.417. The summed E-state index contributed by atoms with van der Waals surface area (Å²) in [6.07, 6.45) is 0. The van der Waals surface area contributed by atoms with Crippen molar-refractivity contribution >= 4 is 23.2 Å². The molecule has 5 nitrogen and oxygen atoms in total. The molecule has 0 aliphatic heterocycles. The maximum atomic E-state index is 12.1. The molecule has 1 atom stereocenters. The van der Waals surface area contributed by atoms with Crippen LogP contribution < -0.4 is 0 Å². The van der Waals surface area contributed by atoms with Crippen molar-refractivity contribution in [1.29, 1.82) is 5.26 Å². The molecular weight excluding hydrogens is 252 g/mol. The highest BCUT2D eigenvalue weighted by atomic mass is 32.1. The van der Waals surface area contributed by atoms with Crippen molar-refractivity contribution in [3.63, 3.8) is 0 Å². The normalized spacial score (nSPS) is 11.6. The maximum absolute atomic E-state index is 12.1. The van der Waals surface area contributed by atoms with Gasteiger partial charge in [-0.15, -0.1) is 11.3 Å². The number of aromatic carboxylic acids is 1. The first-order chi connectivity index (χ1) is 8.49. The topological polar surface area (TPSA) is 81.4 Å². The van der Waals surface area contributed by atoms with Crippen LogP contribution in [0.2, 0.25) is 0 Å². The Kier molecular flexibility index (Phi) is 4.86. The second-order valence-corrected chi connectivity index (χ2v) is 4.93. The Morgan fingerprint density at radius 1 is 1.50 bits per heavy atom. The third-order valence-electron chi connectivity index (χ3n) is 2.41. The second-order valence-electron chi connectivity index (χ2n) is 3.84. The van der Waals surface area contributed by atoms with E-state index in [1.54, 1.807) is 11.8 Å². The van der Waals surface area contributed by atoms with E-state index in [2.05, 4.69) is 6.07 Å². The Hall–Kier alpha value is -1.87. The minimum Gasteiger partial charge on any atom is -0.477 e. The Morgan fingerprint density at radius 2 is 2.11 bits per heavy atom. The minimum atomic E-state index is -1.03. The fourth-order valence-corrected chi connectivity index (χ4v) is 2.26. The molecule has 1 rings (SSSR count). The first-order valence-corrected chi connectivity index (χ1v) is 6.33. The number of carboxylic acids is 1. The average molecular weight is 266 g/mol. The van der Waals surface area contributed by atoms with Crippen LogP contribution in [0.3, 0.4) is 0 Å². The highest BCUT2D eigenvalue weighted by molar-refractivity contribution is 7.15. The van der Waals surface area contributed by atoms with Crippen LogP contribution in [0.15, 0.2) is 12.1 Å². The van der Waals surface area contributed by atoms with Gasteiger partial charge in [0.05, 0.1) is 16.9 Å². The predicted molar refractivity (Wildman–Crippen MR) is 67.6 cm³/mol. The molecule has 0 aromatic carbocycles. The lowest BCUT2D eigenvalue weighted by Gasteiger charge is -2.21. The molecule has 0 bridgehead atoms. The van der Waals surface area contributed by atoms with Gasteiger partial charge in [0.15, 0.2) is 0 Å². The summed E-state index contributed by atoms with van der Waals surface area (Å²) in [6, 6.07) is 5.00. The number of nitriles is 1. The number of nitrogens with zero attached hydrogens (tertiary/aromatic N) is 2. The van der Waals surface area contributed by atoms with E-state index in [0.717, 1.165) is 11.3 Å². The number of hydrogen-bond acceptors (Lipinski definition) is 4. The molecule has 0 saturated heterocycles. The van der Waals surface area contributed by atoms with Crippen molar-refractivity contribution in [2.24, 2.45) is 5.92 Å². The van der Waals surface area contributed by atoms with E-state index < -0.39 is 5.97 Å². The third-order valence-corrected chi connectivity index (χ3v) is 3.47. The van der Waals surface area contributed by atoms with Crippen LogP contribution in [0, 0.1) is 17.2 Å². The predicted octanol–water partition coefficient (Wildman–Crippen LogP) is 2.07. The molecule has 0 spiro atoms. The van der Waals surface area contributed by atoms with Gasteiger partial charge in [0.1, 0.15) is 4.88 Å². The van der Waals surface area contributed by atoms with Crippen molar-refractivity contribution in [3.05, 3.63) is 21.9 Å². The van der Waals surface area contributed by atoms with Gasteiger partial charge in [0.2, 0.25) is 0 Å². The monoisotopic (exact) mass is 266 g/mol. The van der Waals surface area contributed by atoms with Crippen LogP contribution in [0.4, 0.5) is 0 Å². The van der Waals surface area contributed by atoms with Crippen LogP contribution in [-0.2, 0) is 0 Å². The third kappa shape index (κ3) is 3.31. The summed E-state index contributed by atoms with van der Waals surface area (Å²) in [6.45, 7) is 4.41. The zero-order chi connectivity index (χ0) is 13.7. The van der Waals surface area contributed by atoms with Gasteiger partial charge in [-0.1, -0.05) is 0 Å². The fourth-order valence-electron chi connectivity index (χ4n) is 1.45. The van der Waals surface area contributed by atoms with Crippen molar-refractivity contribution in [1.82, 2.24) is 4.90 Å². The molecule has 6 heteroatoms. The Balaban J connectivity index is 2.83. The highest BCUT2D eigenvalue weighted by Gasteiger charge is 2.19. The number of thiophene rings is 1. The maximum Gasteiger partial charge on any atom is 0.345 e. The molecule has 18 heavy (non-hydrogen) atoms. The molecule has 1 amide bonds. The molecule has 1 N–H and O–H groups in total. The second kappa shape index (κ2) is 6.17. The molecule has 1 aromatic heterocycles. The van der Waals surface area contributed by atoms with Crippen molar-refractivity contribution < 1.29 is 14.7 Å². The number of carbonyl (C=O) groups excluding carboxylic acids is 1. The van der Waals surface area contributed by atoms with Crippen LogP contribution in [0.5, 0.6) is 0 Å². The number of carbonyl (C=O) groups is 2. The van der Waals surface area contributed by atoms with Gasteiger partial charge in [0, 0.05) is 13.1 Å². The lowest BCUT2D eigenvalue weighted by atomic mass is 10.2. The summed E-state index contributed by atoms with van der Waals surface area (Å²) < 4.78 is 0.